The molecule has 14 heavy (non-hydrogen) atoms. The highest BCUT2D eigenvalue weighted by Gasteiger charge is 2.12. The van der Waals surface area contributed by atoms with Crippen LogP contribution in [0.15, 0.2) is 12.1 Å². The van der Waals surface area contributed by atoms with Crippen molar-refractivity contribution in [3.05, 3.63) is 21.9 Å². The number of thiophene rings is 1. The summed E-state index contributed by atoms with van der Waals surface area (Å²) in [6.07, 6.45) is 0.743. The summed E-state index contributed by atoms with van der Waals surface area (Å²) >= 11 is 1.47. The normalized spacial score (nSPS) is 12.5. The van der Waals surface area contributed by atoms with Crippen LogP contribution in [0.2, 0.25) is 0 Å². The van der Waals surface area contributed by atoms with E-state index in [-0.39, 0.29) is 18.6 Å². The molecule has 1 atom stereocenters. The van der Waals surface area contributed by atoms with Crippen LogP contribution in [0.3, 0.4) is 0 Å². The number of aryl methyl sites for hydroxylation is 1. The monoisotopic (exact) mass is 213 g/mol. The van der Waals surface area contributed by atoms with Crippen LogP contribution < -0.4 is 5.32 Å². The fourth-order valence-electron chi connectivity index (χ4n) is 1.09. The quantitative estimate of drug-likeness (QED) is 0.797. The molecule has 4 heteroatoms. The maximum absolute atomic E-state index is 11.6. The van der Waals surface area contributed by atoms with Crippen molar-refractivity contribution in [1.29, 1.82) is 0 Å². The minimum atomic E-state index is -0.134. The zero-order valence-corrected chi connectivity index (χ0v) is 9.23. The lowest BCUT2D eigenvalue weighted by molar-refractivity contribution is 0.0919. The largest absolute Gasteiger partial charge is 0.394 e. The Morgan fingerprint density at radius 1 is 1.64 bits per heavy atom. The molecule has 0 aliphatic heterocycles. The van der Waals surface area contributed by atoms with Crippen LogP contribution in [0, 0.1) is 6.92 Å². The highest BCUT2D eigenvalue weighted by atomic mass is 32.1. The predicted octanol–water partition coefficient (Wildman–Crippen LogP) is 1.56. The molecular weight excluding hydrogens is 198 g/mol. The minimum Gasteiger partial charge on any atom is -0.394 e. The van der Waals surface area contributed by atoms with Crippen LogP contribution >= 0.6 is 11.3 Å². The second-order valence-electron chi connectivity index (χ2n) is 3.17. The maximum Gasteiger partial charge on any atom is 0.261 e. The van der Waals surface area contributed by atoms with E-state index in [1.54, 1.807) is 6.07 Å². The van der Waals surface area contributed by atoms with Gasteiger partial charge in [0.25, 0.3) is 5.91 Å². The van der Waals surface area contributed by atoms with Crippen LogP contribution in [-0.2, 0) is 0 Å². The predicted molar refractivity (Wildman–Crippen MR) is 57.7 cm³/mol. The Morgan fingerprint density at radius 3 is 2.79 bits per heavy atom. The SMILES string of the molecule is CC[C@H](CO)NC(=O)c1ccc(C)s1. The maximum atomic E-state index is 11.6. The summed E-state index contributed by atoms with van der Waals surface area (Å²) in [5, 5.41) is 11.7. The van der Waals surface area contributed by atoms with Crippen LogP contribution in [0.25, 0.3) is 0 Å². The van der Waals surface area contributed by atoms with E-state index in [9.17, 15) is 4.79 Å². The highest BCUT2D eigenvalue weighted by Crippen LogP contribution is 2.14. The number of nitrogens with one attached hydrogen (secondary N) is 1. The van der Waals surface area contributed by atoms with Gasteiger partial charge in [-0.2, -0.15) is 0 Å². The van der Waals surface area contributed by atoms with Crippen LogP contribution in [-0.4, -0.2) is 23.7 Å². The molecule has 0 unspecified atom stereocenters. The molecule has 0 fully saturated rings. The lowest BCUT2D eigenvalue weighted by Crippen LogP contribution is -2.36. The molecule has 0 aromatic carbocycles. The number of hydrogen-bond acceptors (Lipinski definition) is 3. The van der Waals surface area contributed by atoms with Gasteiger partial charge >= 0.3 is 0 Å². The second-order valence-corrected chi connectivity index (χ2v) is 4.46. The van der Waals surface area contributed by atoms with Gasteiger partial charge < -0.3 is 10.4 Å². The van der Waals surface area contributed by atoms with Gasteiger partial charge in [-0.15, -0.1) is 11.3 Å². The van der Waals surface area contributed by atoms with Gasteiger partial charge in [-0.1, -0.05) is 6.92 Å². The van der Waals surface area contributed by atoms with Crippen LogP contribution in [0.1, 0.15) is 27.9 Å². The van der Waals surface area contributed by atoms with Crippen molar-refractivity contribution in [3.8, 4) is 0 Å². The number of aliphatic hydroxyl groups is 1. The van der Waals surface area contributed by atoms with E-state index in [1.807, 2.05) is 19.9 Å². The van der Waals surface area contributed by atoms with Crippen molar-refractivity contribution in [1.82, 2.24) is 5.32 Å². The topological polar surface area (TPSA) is 49.3 Å². The summed E-state index contributed by atoms with van der Waals surface area (Å²) in [5.41, 5.74) is 0. The average molecular weight is 213 g/mol. The van der Waals surface area contributed by atoms with E-state index < -0.39 is 0 Å². The Bertz CT molecular complexity index is 305. The lowest BCUT2D eigenvalue weighted by atomic mass is 10.2. The molecule has 1 amide bonds. The minimum absolute atomic E-state index is 0.00734. The molecule has 0 spiro atoms. The molecule has 1 aromatic rings. The van der Waals surface area contributed by atoms with Crippen molar-refractivity contribution in [3.63, 3.8) is 0 Å². The first-order valence-electron chi connectivity index (χ1n) is 4.65. The fraction of sp³-hybridized carbons (Fsp3) is 0.500. The first-order valence-corrected chi connectivity index (χ1v) is 5.47. The Balaban J connectivity index is 2.58. The number of rotatable bonds is 4. The molecule has 1 aromatic heterocycles. The van der Waals surface area contributed by atoms with Gasteiger partial charge in [-0.3, -0.25) is 4.79 Å². The molecule has 1 heterocycles. The molecule has 0 bridgehead atoms. The molecule has 1 rings (SSSR count). The number of hydrogen-bond donors (Lipinski definition) is 2. The van der Waals surface area contributed by atoms with E-state index in [4.69, 9.17) is 5.11 Å². The van der Waals surface area contributed by atoms with Gasteiger partial charge in [-0.25, -0.2) is 0 Å². The Labute approximate surface area is 87.8 Å². The Morgan fingerprint density at radius 2 is 2.36 bits per heavy atom. The van der Waals surface area contributed by atoms with Crippen LogP contribution in [0.4, 0.5) is 0 Å². The zero-order chi connectivity index (χ0) is 10.6. The summed E-state index contributed by atoms with van der Waals surface area (Å²) < 4.78 is 0. The molecule has 0 aliphatic rings. The molecule has 0 radical (unpaired) electrons. The lowest BCUT2D eigenvalue weighted by Gasteiger charge is -2.12. The third kappa shape index (κ3) is 2.82. The average Bonchev–Trinajstić information content (AvgIpc) is 2.61. The third-order valence-corrected chi connectivity index (χ3v) is 3.01. The summed E-state index contributed by atoms with van der Waals surface area (Å²) in [4.78, 5) is 13.4. The molecular formula is C10H15NO2S. The molecule has 0 saturated carbocycles. The van der Waals surface area contributed by atoms with Gasteiger partial charge in [0.1, 0.15) is 0 Å². The standard InChI is InChI=1S/C10H15NO2S/c1-3-8(6-12)11-10(13)9-5-4-7(2)14-9/h4-5,8,12H,3,6H2,1-2H3,(H,11,13)/t8-/m1/s1. The first-order chi connectivity index (χ1) is 6.67. The summed E-state index contributed by atoms with van der Waals surface area (Å²) in [5.74, 6) is -0.0935. The van der Waals surface area contributed by atoms with Crippen molar-refractivity contribution in [2.75, 3.05) is 6.61 Å². The van der Waals surface area contributed by atoms with Crippen molar-refractivity contribution >= 4 is 17.2 Å². The molecule has 0 saturated heterocycles. The van der Waals surface area contributed by atoms with Gasteiger partial charge in [0.15, 0.2) is 0 Å². The van der Waals surface area contributed by atoms with Gasteiger partial charge in [0.2, 0.25) is 0 Å². The van der Waals surface area contributed by atoms with E-state index in [1.165, 1.54) is 11.3 Å². The Kier molecular flexibility index (Phi) is 4.10. The number of amides is 1. The molecule has 3 nitrogen and oxygen atoms in total. The van der Waals surface area contributed by atoms with E-state index >= 15 is 0 Å². The smallest absolute Gasteiger partial charge is 0.261 e. The van der Waals surface area contributed by atoms with Crippen molar-refractivity contribution in [2.45, 2.75) is 26.3 Å². The van der Waals surface area contributed by atoms with Crippen LogP contribution in [0.5, 0.6) is 0 Å². The van der Waals surface area contributed by atoms with Gasteiger partial charge in [-0.05, 0) is 25.5 Å². The Hall–Kier alpha value is -0.870. The number of carbonyl (C=O) groups excluding carboxylic acids is 1. The number of carbonyl (C=O) groups is 1. The van der Waals surface area contributed by atoms with Crippen molar-refractivity contribution in [2.24, 2.45) is 0 Å². The van der Waals surface area contributed by atoms with E-state index in [0.717, 1.165) is 11.3 Å². The zero-order valence-electron chi connectivity index (χ0n) is 8.41. The van der Waals surface area contributed by atoms with Gasteiger partial charge in [0, 0.05) is 4.88 Å². The number of aliphatic hydroxyl groups excluding tert-OH is 1. The van der Waals surface area contributed by atoms with E-state index in [0.29, 0.717) is 4.88 Å². The summed E-state index contributed by atoms with van der Waals surface area (Å²) in [6, 6.07) is 3.59. The van der Waals surface area contributed by atoms with Gasteiger partial charge in [0.05, 0.1) is 17.5 Å². The first kappa shape index (κ1) is 11.2. The fourth-order valence-corrected chi connectivity index (χ4v) is 1.86. The molecule has 78 valence electrons. The van der Waals surface area contributed by atoms with E-state index in [2.05, 4.69) is 5.32 Å². The summed E-state index contributed by atoms with van der Waals surface area (Å²) in [6.45, 7) is 3.89. The third-order valence-electron chi connectivity index (χ3n) is 2.01. The molecule has 0 aliphatic carbocycles. The highest BCUT2D eigenvalue weighted by molar-refractivity contribution is 7.13. The summed E-state index contributed by atoms with van der Waals surface area (Å²) in [7, 11) is 0. The van der Waals surface area contributed by atoms with Crippen molar-refractivity contribution < 1.29 is 9.90 Å². The molecule has 2 N–H and O–H groups in total. The second kappa shape index (κ2) is 5.12.